The summed E-state index contributed by atoms with van der Waals surface area (Å²) >= 11 is 3.36. The maximum atomic E-state index is 3.83. The molecular formula is C17H18BrN. The van der Waals surface area contributed by atoms with Gasteiger partial charge in [-0.3, -0.25) is 0 Å². The van der Waals surface area contributed by atoms with E-state index in [-0.39, 0.29) is 0 Å². The Kier molecular flexibility index (Phi) is 4.94. The van der Waals surface area contributed by atoms with E-state index in [1.54, 1.807) is 0 Å². The zero-order valence-electron chi connectivity index (χ0n) is 11.1. The first kappa shape index (κ1) is 14.0. The predicted octanol–water partition coefficient (Wildman–Crippen LogP) is 4.91. The number of hydrogen-bond donors (Lipinski definition) is 1. The van der Waals surface area contributed by atoms with Crippen LogP contribution in [-0.2, 0) is 0 Å². The number of rotatable bonds is 5. The summed E-state index contributed by atoms with van der Waals surface area (Å²) in [4.78, 5) is 0. The summed E-state index contributed by atoms with van der Waals surface area (Å²) in [7, 11) is 0. The van der Waals surface area contributed by atoms with Crippen molar-refractivity contribution >= 4 is 15.9 Å². The quantitative estimate of drug-likeness (QED) is 0.826. The van der Waals surface area contributed by atoms with Crippen molar-refractivity contribution in [1.82, 2.24) is 5.32 Å². The molecule has 1 atom stereocenters. The van der Waals surface area contributed by atoms with Crippen LogP contribution in [0.3, 0.4) is 0 Å². The van der Waals surface area contributed by atoms with Crippen molar-refractivity contribution in [1.29, 1.82) is 0 Å². The average Bonchev–Trinajstić information content (AvgIpc) is 2.46. The first-order valence-corrected chi connectivity index (χ1v) is 7.18. The maximum absolute atomic E-state index is 3.83. The molecule has 1 unspecified atom stereocenters. The lowest BCUT2D eigenvalue weighted by molar-refractivity contribution is 0.616. The zero-order chi connectivity index (χ0) is 13.7. The third kappa shape index (κ3) is 4.05. The number of halogens is 1. The van der Waals surface area contributed by atoms with Crippen LogP contribution in [0, 0.1) is 0 Å². The Hall–Kier alpha value is -1.38. The number of hydrogen-bond acceptors (Lipinski definition) is 1. The summed E-state index contributed by atoms with van der Waals surface area (Å²) in [5, 5.41) is 3.41. The van der Waals surface area contributed by atoms with E-state index in [4.69, 9.17) is 0 Å². The third-order valence-electron chi connectivity index (χ3n) is 3.12. The number of nitrogens with one attached hydrogen (secondary N) is 1. The van der Waals surface area contributed by atoms with E-state index in [1.807, 2.05) is 6.07 Å². The molecule has 0 aliphatic rings. The van der Waals surface area contributed by atoms with Gasteiger partial charge in [0, 0.05) is 17.1 Å². The van der Waals surface area contributed by atoms with Gasteiger partial charge in [0.15, 0.2) is 0 Å². The van der Waals surface area contributed by atoms with E-state index in [9.17, 15) is 0 Å². The van der Waals surface area contributed by atoms with Crippen molar-refractivity contribution < 1.29 is 0 Å². The van der Waals surface area contributed by atoms with Gasteiger partial charge in [-0.1, -0.05) is 77.1 Å². The molecule has 2 aromatic carbocycles. The summed E-state index contributed by atoms with van der Waals surface area (Å²) < 4.78 is 0.972. The molecule has 0 amide bonds. The molecule has 0 aliphatic carbocycles. The summed E-state index contributed by atoms with van der Waals surface area (Å²) in [6.45, 7) is 6.77. The van der Waals surface area contributed by atoms with Gasteiger partial charge in [-0.05, 0) is 23.6 Å². The van der Waals surface area contributed by atoms with E-state index in [1.165, 1.54) is 16.7 Å². The zero-order valence-corrected chi connectivity index (χ0v) is 12.7. The Labute approximate surface area is 123 Å². The van der Waals surface area contributed by atoms with Gasteiger partial charge in [0.25, 0.3) is 0 Å². The van der Waals surface area contributed by atoms with Gasteiger partial charge in [0.2, 0.25) is 0 Å². The molecule has 0 aliphatic heterocycles. The van der Waals surface area contributed by atoms with Crippen molar-refractivity contribution in [3.8, 4) is 11.1 Å². The molecule has 98 valence electrons. The van der Waals surface area contributed by atoms with E-state index >= 15 is 0 Å². The van der Waals surface area contributed by atoms with Crippen LogP contribution in [0.5, 0.6) is 0 Å². The van der Waals surface area contributed by atoms with Crippen LogP contribution in [0.4, 0.5) is 0 Å². The van der Waals surface area contributed by atoms with Gasteiger partial charge < -0.3 is 5.32 Å². The molecule has 0 radical (unpaired) electrons. The fraction of sp³-hybridized carbons (Fsp3) is 0.176. The van der Waals surface area contributed by atoms with Gasteiger partial charge in [0.05, 0.1) is 0 Å². The first-order chi connectivity index (χ1) is 9.16. The van der Waals surface area contributed by atoms with Crippen molar-refractivity contribution in [2.24, 2.45) is 0 Å². The summed E-state index contributed by atoms with van der Waals surface area (Å²) in [6, 6.07) is 19.4. The van der Waals surface area contributed by atoms with Crippen molar-refractivity contribution in [2.45, 2.75) is 13.0 Å². The molecule has 0 aromatic heterocycles. The summed E-state index contributed by atoms with van der Waals surface area (Å²) in [6.07, 6.45) is 0. The number of benzene rings is 2. The van der Waals surface area contributed by atoms with Crippen LogP contribution in [0.15, 0.2) is 65.7 Å². The van der Waals surface area contributed by atoms with Gasteiger partial charge in [-0.2, -0.15) is 0 Å². The molecule has 2 aromatic rings. The highest BCUT2D eigenvalue weighted by Crippen LogP contribution is 2.21. The molecule has 0 fully saturated rings. The second-order valence-electron chi connectivity index (χ2n) is 4.61. The highest BCUT2D eigenvalue weighted by molar-refractivity contribution is 9.11. The lowest BCUT2D eigenvalue weighted by Crippen LogP contribution is -2.19. The lowest BCUT2D eigenvalue weighted by Gasteiger charge is -2.14. The summed E-state index contributed by atoms with van der Waals surface area (Å²) in [5.41, 5.74) is 3.79. The van der Waals surface area contributed by atoms with Crippen LogP contribution < -0.4 is 5.32 Å². The Morgan fingerprint density at radius 1 is 1.05 bits per heavy atom. The van der Waals surface area contributed by atoms with Crippen LogP contribution in [-0.4, -0.2) is 6.54 Å². The van der Waals surface area contributed by atoms with E-state index < -0.39 is 0 Å². The minimum atomic E-state index is 0.319. The van der Waals surface area contributed by atoms with E-state index in [0.29, 0.717) is 6.04 Å². The van der Waals surface area contributed by atoms with Crippen LogP contribution in [0.1, 0.15) is 18.5 Å². The largest absolute Gasteiger partial charge is 0.306 e. The molecule has 0 saturated heterocycles. The molecule has 0 heterocycles. The second-order valence-corrected chi connectivity index (χ2v) is 5.73. The Morgan fingerprint density at radius 3 is 2.21 bits per heavy atom. The highest BCUT2D eigenvalue weighted by Gasteiger charge is 2.05. The molecule has 19 heavy (non-hydrogen) atoms. The fourth-order valence-electron chi connectivity index (χ4n) is 1.98. The molecule has 2 rings (SSSR count). The van der Waals surface area contributed by atoms with E-state index in [2.05, 4.69) is 83.3 Å². The monoisotopic (exact) mass is 315 g/mol. The maximum Gasteiger partial charge on any atom is 0.0295 e. The molecule has 0 saturated carbocycles. The van der Waals surface area contributed by atoms with Crippen molar-refractivity contribution in [3.63, 3.8) is 0 Å². The Bertz CT molecular complexity index is 531. The van der Waals surface area contributed by atoms with Gasteiger partial charge >= 0.3 is 0 Å². The van der Waals surface area contributed by atoms with E-state index in [0.717, 1.165) is 11.0 Å². The molecule has 1 nitrogen and oxygen atoms in total. The average molecular weight is 316 g/mol. The first-order valence-electron chi connectivity index (χ1n) is 6.39. The minimum absolute atomic E-state index is 0.319. The SMILES string of the molecule is C=C(Br)CNC(C)c1ccc(-c2ccccc2)cc1. The molecule has 0 bridgehead atoms. The predicted molar refractivity (Wildman–Crippen MR) is 86.4 cm³/mol. The molecule has 0 spiro atoms. The molecular weight excluding hydrogens is 298 g/mol. The van der Waals surface area contributed by atoms with Crippen molar-refractivity contribution in [2.75, 3.05) is 6.54 Å². The summed E-state index contributed by atoms with van der Waals surface area (Å²) in [5.74, 6) is 0. The molecule has 2 heteroatoms. The normalized spacial score (nSPS) is 12.1. The van der Waals surface area contributed by atoms with Crippen LogP contribution >= 0.6 is 15.9 Å². The topological polar surface area (TPSA) is 12.0 Å². The van der Waals surface area contributed by atoms with Crippen molar-refractivity contribution in [3.05, 3.63) is 71.2 Å². The smallest absolute Gasteiger partial charge is 0.0295 e. The highest BCUT2D eigenvalue weighted by atomic mass is 79.9. The second kappa shape index (κ2) is 6.69. The Morgan fingerprint density at radius 2 is 1.63 bits per heavy atom. The lowest BCUT2D eigenvalue weighted by atomic mass is 10.0. The van der Waals surface area contributed by atoms with Gasteiger partial charge in [-0.15, -0.1) is 0 Å². The standard InChI is InChI=1S/C17H18BrN/c1-13(18)12-19-14(2)15-8-10-17(11-9-15)16-6-4-3-5-7-16/h3-11,14,19H,1,12H2,2H3. The van der Waals surface area contributed by atoms with Crippen LogP contribution in [0.2, 0.25) is 0 Å². The van der Waals surface area contributed by atoms with Crippen LogP contribution in [0.25, 0.3) is 11.1 Å². The third-order valence-corrected chi connectivity index (χ3v) is 3.40. The van der Waals surface area contributed by atoms with Gasteiger partial charge in [-0.25, -0.2) is 0 Å². The molecule has 1 N–H and O–H groups in total. The minimum Gasteiger partial charge on any atom is -0.306 e. The fourth-order valence-corrected chi connectivity index (χ4v) is 2.14. The van der Waals surface area contributed by atoms with Gasteiger partial charge in [0.1, 0.15) is 0 Å². The Balaban J connectivity index is 2.08.